The zero-order valence-corrected chi connectivity index (χ0v) is 6.16. The first-order chi connectivity index (χ1) is 4.62. The van der Waals surface area contributed by atoms with Crippen LogP contribution in [0.25, 0.3) is 0 Å². The van der Waals surface area contributed by atoms with Crippen molar-refractivity contribution in [1.82, 2.24) is 5.23 Å². The summed E-state index contributed by atoms with van der Waals surface area (Å²) in [5.74, 6) is 0. The molecule has 0 fully saturated rings. The molecule has 5 heteroatoms. The van der Waals surface area contributed by atoms with Crippen molar-refractivity contribution in [2.45, 2.75) is 19.4 Å². The van der Waals surface area contributed by atoms with E-state index >= 15 is 0 Å². The van der Waals surface area contributed by atoms with Gasteiger partial charge < -0.3 is 15.2 Å². The summed E-state index contributed by atoms with van der Waals surface area (Å²) < 4.78 is 0. The van der Waals surface area contributed by atoms with Crippen LogP contribution in [0.1, 0.15) is 13.8 Å². The molecular weight excluding hydrogens is 131 g/mol. The maximum absolute atomic E-state index is 9.89. The summed E-state index contributed by atoms with van der Waals surface area (Å²) in [5, 5.41) is 13.8. The van der Waals surface area contributed by atoms with E-state index in [-0.39, 0.29) is 7.41 Å². The Balaban J connectivity index is 3.73. The van der Waals surface area contributed by atoms with Crippen molar-refractivity contribution in [2.75, 3.05) is 0 Å². The van der Waals surface area contributed by atoms with Crippen molar-refractivity contribution in [3.05, 3.63) is 0 Å². The molecule has 0 aromatic heterocycles. The number of oxime groups is 1. The summed E-state index contributed by atoms with van der Waals surface area (Å²) in [6.45, 7) is 3.60. The van der Waals surface area contributed by atoms with Crippen LogP contribution < -0.4 is 5.23 Å². The van der Waals surface area contributed by atoms with Gasteiger partial charge in [-0.15, -0.1) is 5.16 Å². The molecule has 0 aliphatic heterocycles. The van der Waals surface area contributed by atoms with Crippen molar-refractivity contribution in [2.24, 2.45) is 5.16 Å². The van der Waals surface area contributed by atoms with Crippen LogP contribution in [-0.2, 0) is 4.79 Å². The van der Waals surface area contributed by atoms with Crippen molar-refractivity contribution in [3.63, 3.8) is 0 Å². The predicted molar refractivity (Wildman–Crippen MR) is 41.4 cm³/mol. The Morgan fingerprint density at radius 3 is 2.70 bits per heavy atom. The minimum atomic E-state index is -0.421. The van der Waals surface area contributed by atoms with Gasteiger partial charge in [0.15, 0.2) is 0 Å². The third-order valence-electron chi connectivity index (χ3n) is 1.02. The molecule has 0 saturated carbocycles. The number of carbonyl (C=O) groups is 1. The molecule has 0 unspecified atom stereocenters. The van der Waals surface area contributed by atoms with Gasteiger partial charge in [0.1, 0.15) is 0 Å². The van der Waals surface area contributed by atoms with Gasteiger partial charge in [-0.25, -0.2) is 0 Å². The average molecular weight is 142 g/mol. The summed E-state index contributed by atoms with van der Waals surface area (Å²) in [4.78, 5) is 9.89. The molecule has 0 aliphatic rings. The van der Waals surface area contributed by atoms with E-state index < -0.39 is 5.54 Å². The van der Waals surface area contributed by atoms with Crippen LogP contribution >= 0.6 is 0 Å². The van der Waals surface area contributed by atoms with E-state index in [1.54, 1.807) is 13.8 Å². The topological polar surface area (TPSA) is 61.7 Å². The second-order valence-electron chi connectivity index (χ2n) is 2.51. The second-order valence-corrected chi connectivity index (χ2v) is 2.51. The average Bonchev–Trinajstić information content (AvgIpc) is 1.84. The van der Waals surface area contributed by atoms with E-state index in [0.29, 0.717) is 0 Å². The molecule has 4 nitrogen and oxygen atoms in total. The third-order valence-corrected chi connectivity index (χ3v) is 1.02. The van der Waals surface area contributed by atoms with Crippen LogP contribution in [-0.4, -0.2) is 30.6 Å². The molecule has 0 amide bonds. The molecule has 2 N–H and O–H groups in total. The fraction of sp³-hybridized carbons (Fsp3) is 0.600. The Labute approximate surface area is 60.6 Å². The van der Waals surface area contributed by atoms with Gasteiger partial charge in [0.2, 0.25) is 0 Å². The lowest BCUT2D eigenvalue weighted by molar-refractivity contribution is 0.317. The summed E-state index contributed by atoms with van der Waals surface area (Å²) in [7, 11) is 0.263. The second kappa shape index (κ2) is 4.06. The Kier molecular flexibility index (Phi) is 3.72. The Bertz CT molecular complexity index is 136. The molecule has 0 bridgehead atoms. The summed E-state index contributed by atoms with van der Waals surface area (Å²) >= 11 is 0. The van der Waals surface area contributed by atoms with E-state index in [2.05, 4.69) is 10.4 Å². The van der Waals surface area contributed by atoms with Crippen molar-refractivity contribution in [3.8, 4) is 0 Å². The molecule has 10 heavy (non-hydrogen) atoms. The highest BCUT2D eigenvalue weighted by Crippen LogP contribution is 1.94. The molecule has 0 radical (unpaired) electrons. The summed E-state index contributed by atoms with van der Waals surface area (Å²) in [6.07, 6.45) is 2.09. The SMILES string of the molecule is CC(C)(/C=N/O)NBC=O. The molecule has 56 valence electrons. The van der Waals surface area contributed by atoms with Crippen LogP contribution in [0.5, 0.6) is 0 Å². The number of hydrogen-bond acceptors (Lipinski definition) is 4. The quantitative estimate of drug-likeness (QED) is 0.180. The predicted octanol–water partition coefficient (Wildman–Crippen LogP) is -0.644. The first kappa shape index (κ1) is 9.16. The maximum atomic E-state index is 9.89. The van der Waals surface area contributed by atoms with E-state index in [9.17, 15) is 4.79 Å². The van der Waals surface area contributed by atoms with Crippen LogP contribution in [0.2, 0.25) is 0 Å². The zero-order valence-electron chi connectivity index (χ0n) is 6.16. The summed E-state index contributed by atoms with van der Waals surface area (Å²) in [5.41, 5.74) is -0.421. The fourth-order valence-corrected chi connectivity index (χ4v) is 0.495. The first-order valence-corrected chi connectivity index (χ1v) is 2.99. The Hall–Kier alpha value is -0.835. The van der Waals surface area contributed by atoms with Gasteiger partial charge >= 0.3 is 0 Å². The molecule has 0 heterocycles. The van der Waals surface area contributed by atoms with Crippen LogP contribution in [0.4, 0.5) is 0 Å². The van der Waals surface area contributed by atoms with Crippen molar-refractivity contribution >= 4 is 19.8 Å². The lowest BCUT2D eigenvalue weighted by Crippen LogP contribution is -2.43. The van der Waals surface area contributed by atoms with Crippen LogP contribution in [0.3, 0.4) is 0 Å². The van der Waals surface area contributed by atoms with Crippen LogP contribution in [0.15, 0.2) is 5.16 Å². The number of nitrogens with zero attached hydrogens (tertiary/aromatic N) is 1. The highest BCUT2D eigenvalue weighted by molar-refractivity contribution is 6.64. The third kappa shape index (κ3) is 4.08. The van der Waals surface area contributed by atoms with Gasteiger partial charge in [-0.2, -0.15) is 0 Å². The summed E-state index contributed by atoms with van der Waals surface area (Å²) in [6, 6.07) is 0. The largest absolute Gasteiger partial charge is 0.411 e. The standard InChI is InChI=1S/C5H11BN2O2/c1-5(2,3-7-10)8-6-4-9/h3-4,6,8,10H,1-2H3/b7-3+. The van der Waals surface area contributed by atoms with E-state index in [0.717, 1.165) is 6.19 Å². The molecule has 0 saturated heterocycles. The van der Waals surface area contributed by atoms with Gasteiger partial charge in [0.25, 0.3) is 7.41 Å². The van der Waals surface area contributed by atoms with Gasteiger partial charge in [-0.1, -0.05) is 0 Å². The number of nitrogens with one attached hydrogen (secondary N) is 1. The Morgan fingerprint density at radius 2 is 2.30 bits per heavy atom. The molecule has 0 spiro atoms. The van der Waals surface area contributed by atoms with E-state index in [1.807, 2.05) is 0 Å². The highest BCUT2D eigenvalue weighted by Gasteiger charge is 2.12. The molecular formula is C5H11BN2O2. The molecule has 0 atom stereocenters. The molecule has 0 aromatic carbocycles. The minimum Gasteiger partial charge on any atom is -0.411 e. The number of carbonyl (C=O) groups excluding carboxylic acids is 1. The number of hydrogen-bond donors (Lipinski definition) is 2. The Morgan fingerprint density at radius 1 is 1.70 bits per heavy atom. The van der Waals surface area contributed by atoms with Gasteiger partial charge in [-0.3, -0.25) is 0 Å². The van der Waals surface area contributed by atoms with E-state index in [1.165, 1.54) is 6.21 Å². The lowest BCUT2D eigenvalue weighted by Gasteiger charge is -2.17. The number of rotatable bonds is 4. The normalized spacial score (nSPS) is 11.8. The zero-order chi connectivity index (χ0) is 8.04. The molecule has 0 rings (SSSR count). The minimum absolute atomic E-state index is 0.263. The van der Waals surface area contributed by atoms with E-state index in [4.69, 9.17) is 5.21 Å². The maximum Gasteiger partial charge on any atom is 0.279 e. The van der Waals surface area contributed by atoms with Gasteiger partial charge in [0, 0.05) is 5.54 Å². The monoisotopic (exact) mass is 142 g/mol. The molecule has 0 aromatic rings. The van der Waals surface area contributed by atoms with Crippen molar-refractivity contribution in [1.29, 1.82) is 0 Å². The lowest BCUT2D eigenvalue weighted by atomic mass is 9.92. The van der Waals surface area contributed by atoms with Gasteiger partial charge in [0.05, 0.1) is 12.4 Å². The fourth-order valence-electron chi connectivity index (χ4n) is 0.495. The molecule has 0 aliphatic carbocycles. The first-order valence-electron chi connectivity index (χ1n) is 2.99. The van der Waals surface area contributed by atoms with Crippen molar-refractivity contribution < 1.29 is 10.0 Å². The smallest absolute Gasteiger partial charge is 0.279 e. The van der Waals surface area contributed by atoms with Crippen LogP contribution in [0, 0.1) is 0 Å². The highest BCUT2D eigenvalue weighted by atomic mass is 16.4. The van der Waals surface area contributed by atoms with Gasteiger partial charge in [-0.05, 0) is 13.8 Å².